The zero-order chi connectivity index (χ0) is 22.7. The summed E-state index contributed by atoms with van der Waals surface area (Å²) in [6.07, 6.45) is 3.00. The van der Waals surface area contributed by atoms with Gasteiger partial charge >= 0.3 is 6.09 Å². The second-order valence-corrected chi connectivity index (χ2v) is 9.11. The summed E-state index contributed by atoms with van der Waals surface area (Å²) < 4.78 is 5.31. The van der Waals surface area contributed by atoms with Crippen molar-refractivity contribution in [1.82, 2.24) is 10.3 Å². The molecule has 4 rings (SSSR count). The molecule has 0 radical (unpaired) electrons. The first kappa shape index (κ1) is 21.6. The lowest BCUT2D eigenvalue weighted by atomic mass is 10.1. The van der Waals surface area contributed by atoms with E-state index in [9.17, 15) is 9.59 Å². The Morgan fingerprint density at radius 2 is 1.97 bits per heavy atom. The van der Waals surface area contributed by atoms with Gasteiger partial charge in [0.05, 0.1) is 21.8 Å². The molecule has 0 unspecified atom stereocenters. The van der Waals surface area contributed by atoms with E-state index in [1.54, 1.807) is 51.2 Å². The van der Waals surface area contributed by atoms with E-state index in [0.717, 1.165) is 16.5 Å². The minimum Gasteiger partial charge on any atom is -0.444 e. The maximum atomic E-state index is 12.5. The van der Waals surface area contributed by atoms with E-state index in [4.69, 9.17) is 4.74 Å². The molecule has 3 aromatic rings. The predicted molar refractivity (Wildman–Crippen MR) is 129 cm³/mol. The molecule has 0 spiro atoms. The van der Waals surface area contributed by atoms with Crippen molar-refractivity contribution in [3.8, 4) is 0 Å². The summed E-state index contributed by atoms with van der Waals surface area (Å²) in [5.74, 6) is -0.224. The van der Waals surface area contributed by atoms with Gasteiger partial charge in [0.1, 0.15) is 5.60 Å². The number of anilines is 1. The van der Waals surface area contributed by atoms with Gasteiger partial charge in [-0.2, -0.15) is 0 Å². The van der Waals surface area contributed by atoms with Gasteiger partial charge in [0.2, 0.25) is 0 Å². The number of aliphatic imine (C=N–C) groups is 1. The van der Waals surface area contributed by atoms with Gasteiger partial charge in [0.15, 0.2) is 5.17 Å². The summed E-state index contributed by atoms with van der Waals surface area (Å²) in [4.78, 5) is 34.0. The molecule has 1 aromatic heterocycles. The first-order valence-electron chi connectivity index (χ1n) is 10.0. The number of ether oxygens (including phenoxy) is 1. The van der Waals surface area contributed by atoms with Crippen LogP contribution >= 0.6 is 11.8 Å². The molecule has 8 heteroatoms. The van der Waals surface area contributed by atoms with Gasteiger partial charge < -0.3 is 10.1 Å². The van der Waals surface area contributed by atoms with Crippen molar-refractivity contribution in [3.05, 3.63) is 71.3 Å². The Labute approximate surface area is 190 Å². The van der Waals surface area contributed by atoms with Gasteiger partial charge in [-0.3, -0.25) is 15.1 Å². The molecule has 2 heterocycles. The maximum Gasteiger partial charge on any atom is 0.412 e. The molecule has 0 aliphatic carbocycles. The smallest absolute Gasteiger partial charge is 0.412 e. The number of rotatable bonds is 3. The maximum absolute atomic E-state index is 12.5. The number of hydrogen-bond donors (Lipinski definition) is 2. The second kappa shape index (κ2) is 8.84. The predicted octanol–water partition coefficient (Wildman–Crippen LogP) is 5.47. The topological polar surface area (TPSA) is 92.7 Å². The molecule has 7 nitrogen and oxygen atoms in total. The van der Waals surface area contributed by atoms with Crippen molar-refractivity contribution in [1.29, 1.82) is 0 Å². The molecule has 0 atom stereocenters. The van der Waals surface area contributed by atoms with Crippen LogP contribution in [0.1, 0.15) is 26.3 Å². The molecular formula is C24H22N4O3S. The fraction of sp³-hybridized carbons (Fsp3) is 0.167. The second-order valence-electron chi connectivity index (χ2n) is 8.08. The van der Waals surface area contributed by atoms with E-state index in [2.05, 4.69) is 20.6 Å². The molecule has 2 N–H and O–H groups in total. The monoisotopic (exact) mass is 446 g/mol. The molecular weight excluding hydrogens is 424 g/mol. The highest BCUT2D eigenvalue weighted by molar-refractivity contribution is 8.18. The highest BCUT2D eigenvalue weighted by atomic mass is 32.2. The number of carbonyl (C=O) groups is 2. The number of aromatic nitrogens is 1. The molecule has 2 amide bonds. The van der Waals surface area contributed by atoms with E-state index in [1.165, 1.54) is 11.8 Å². The van der Waals surface area contributed by atoms with Crippen molar-refractivity contribution >= 4 is 57.3 Å². The number of thioether (sulfide) groups is 1. The molecule has 1 fully saturated rings. The van der Waals surface area contributed by atoms with Crippen LogP contribution in [0.4, 0.5) is 16.2 Å². The van der Waals surface area contributed by atoms with Crippen molar-refractivity contribution < 1.29 is 14.3 Å². The number of fused-ring (bicyclic) bond motifs is 1. The third-order valence-electron chi connectivity index (χ3n) is 4.34. The Balaban J connectivity index is 1.54. The number of hydrogen-bond acceptors (Lipinski definition) is 6. The van der Waals surface area contributed by atoms with Gasteiger partial charge in [-0.25, -0.2) is 9.79 Å². The van der Waals surface area contributed by atoms with Gasteiger partial charge in [-0.1, -0.05) is 24.3 Å². The van der Waals surface area contributed by atoms with E-state index < -0.39 is 11.7 Å². The normalized spacial score (nSPS) is 16.4. The molecule has 1 saturated heterocycles. The summed E-state index contributed by atoms with van der Waals surface area (Å²) >= 11 is 1.24. The SMILES string of the molecule is CC(C)(C)OC(=O)Nc1ccccc1N=C1NC(=O)/C(=C/c2ccc3ncccc3c2)S1. The van der Waals surface area contributed by atoms with Gasteiger partial charge in [-0.15, -0.1) is 0 Å². The van der Waals surface area contributed by atoms with Crippen LogP contribution in [0.3, 0.4) is 0 Å². The van der Waals surface area contributed by atoms with Gasteiger partial charge in [-0.05, 0) is 74.5 Å². The highest BCUT2D eigenvalue weighted by Gasteiger charge is 2.24. The van der Waals surface area contributed by atoms with Crippen molar-refractivity contribution in [2.45, 2.75) is 26.4 Å². The number of nitrogens with zero attached hydrogens (tertiary/aromatic N) is 2. The van der Waals surface area contributed by atoms with E-state index in [-0.39, 0.29) is 5.91 Å². The average molecular weight is 447 g/mol. The first-order chi connectivity index (χ1) is 15.3. The number of nitrogens with one attached hydrogen (secondary N) is 2. The van der Waals surface area contributed by atoms with E-state index >= 15 is 0 Å². The van der Waals surface area contributed by atoms with Crippen molar-refractivity contribution in [2.75, 3.05) is 5.32 Å². The zero-order valence-corrected chi connectivity index (χ0v) is 18.7. The average Bonchev–Trinajstić information content (AvgIpc) is 3.06. The molecule has 0 saturated carbocycles. The highest BCUT2D eigenvalue weighted by Crippen LogP contribution is 2.31. The van der Waals surface area contributed by atoms with Crippen LogP contribution in [0.25, 0.3) is 17.0 Å². The number of carbonyl (C=O) groups excluding carboxylic acids is 2. The number of para-hydroxylation sites is 2. The first-order valence-corrected chi connectivity index (χ1v) is 10.8. The quantitative estimate of drug-likeness (QED) is 0.520. The van der Waals surface area contributed by atoms with E-state index in [1.807, 2.05) is 36.4 Å². The van der Waals surface area contributed by atoms with E-state index in [0.29, 0.717) is 21.4 Å². The lowest BCUT2D eigenvalue weighted by Crippen LogP contribution is -2.27. The van der Waals surface area contributed by atoms with Crippen LogP contribution < -0.4 is 10.6 Å². The largest absolute Gasteiger partial charge is 0.444 e. The fourth-order valence-electron chi connectivity index (χ4n) is 3.02. The van der Waals surface area contributed by atoms with Gasteiger partial charge in [0, 0.05) is 11.6 Å². The summed E-state index contributed by atoms with van der Waals surface area (Å²) in [5, 5.41) is 6.92. The minimum absolute atomic E-state index is 0.224. The van der Waals surface area contributed by atoms with Crippen LogP contribution in [0.2, 0.25) is 0 Å². The van der Waals surface area contributed by atoms with Crippen molar-refractivity contribution in [2.24, 2.45) is 4.99 Å². The third-order valence-corrected chi connectivity index (χ3v) is 5.25. The Morgan fingerprint density at radius 1 is 1.16 bits per heavy atom. The molecule has 162 valence electrons. The Morgan fingerprint density at radius 3 is 2.78 bits per heavy atom. The summed E-state index contributed by atoms with van der Waals surface area (Å²) in [6, 6.07) is 16.8. The Bertz CT molecular complexity index is 1260. The van der Waals surface area contributed by atoms with Crippen LogP contribution in [-0.2, 0) is 9.53 Å². The standard InChI is InChI=1S/C24H22N4O3S/c1-24(2,3)31-23(30)27-19-9-5-4-8-18(19)26-22-28-21(29)20(32-22)14-15-10-11-17-16(13-15)7-6-12-25-17/h4-14H,1-3H3,(H,27,30)(H,26,28,29)/b20-14-. The summed E-state index contributed by atoms with van der Waals surface area (Å²) in [6.45, 7) is 5.38. The van der Waals surface area contributed by atoms with Crippen LogP contribution in [0.5, 0.6) is 0 Å². The fourth-order valence-corrected chi connectivity index (χ4v) is 3.85. The molecule has 0 bridgehead atoms. The Hall–Kier alpha value is -3.65. The third kappa shape index (κ3) is 5.33. The van der Waals surface area contributed by atoms with Crippen LogP contribution in [-0.4, -0.2) is 27.8 Å². The lowest BCUT2D eigenvalue weighted by Gasteiger charge is -2.20. The Kier molecular flexibility index (Phi) is 5.96. The molecule has 1 aliphatic rings. The zero-order valence-electron chi connectivity index (χ0n) is 17.9. The number of amides is 2. The minimum atomic E-state index is -0.612. The number of amidine groups is 1. The number of pyridine rings is 1. The van der Waals surface area contributed by atoms with Crippen molar-refractivity contribution in [3.63, 3.8) is 0 Å². The summed E-state index contributed by atoms with van der Waals surface area (Å²) in [5.41, 5.74) is 2.19. The van der Waals surface area contributed by atoms with Gasteiger partial charge in [0.25, 0.3) is 5.91 Å². The van der Waals surface area contributed by atoms with Crippen LogP contribution in [0, 0.1) is 0 Å². The lowest BCUT2D eigenvalue weighted by molar-refractivity contribution is -0.115. The molecule has 32 heavy (non-hydrogen) atoms. The number of benzene rings is 2. The molecule has 1 aliphatic heterocycles. The molecule has 2 aromatic carbocycles. The summed E-state index contributed by atoms with van der Waals surface area (Å²) in [7, 11) is 0. The van der Waals surface area contributed by atoms with Crippen LogP contribution in [0.15, 0.2) is 70.7 Å².